The van der Waals surface area contributed by atoms with Crippen LogP contribution < -0.4 is 0 Å². The van der Waals surface area contributed by atoms with Crippen molar-refractivity contribution in [2.75, 3.05) is 26.4 Å². The number of rotatable bonds is 11. The quantitative estimate of drug-likeness (QED) is 0.129. The molecule has 5 rings (SSSR count). The fourth-order valence-electron chi connectivity index (χ4n) is 6.87. The maximum atomic E-state index is 14.0. The van der Waals surface area contributed by atoms with Crippen molar-refractivity contribution in [2.45, 2.75) is 84.8 Å². The van der Waals surface area contributed by atoms with Crippen LogP contribution in [-0.2, 0) is 48.2 Å². The standard InChI is InChI=1S/C25H22F16O11S/c26-19(27,22(32,33)24(36,37)38)13(42)48-6-16(7-49-14(43)20(28,29)23(34,35)25(39,40)41)8-50-18(51-9-16)11-1-10-2-12(18)5-17(3-10,4-11)52-15(44)21(30,31)53(45,46)47/h10-12H,1-9H2,(H,45,46,47). The monoisotopic (exact) mass is 834 g/mol. The molecule has 0 amide bonds. The third-order valence-corrected chi connectivity index (χ3v) is 10.2. The summed E-state index contributed by atoms with van der Waals surface area (Å²) in [6, 6.07) is 0. The van der Waals surface area contributed by atoms with Gasteiger partial charge in [-0.25, -0.2) is 14.4 Å². The fraction of sp³-hybridized carbons (Fsp3) is 0.880. The number of hydrogen-bond acceptors (Lipinski definition) is 10. The molecule has 2 atom stereocenters. The summed E-state index contributed by atoms with van der Waals surface area (Å²) < 4.78 is 267. The molecule has 0 aromatic heterocycles. The zero-order valence-electron chi connectivity index (χ0n) is 25.6. The summed E-state index contributed by atoms with van der Waals surface area (Å²) in [6.45, 7) is -6.63. The van der Waals surface area contributed by atoms with E-state index in [-0.39, 0.29) is 19.3 Å². The second-order valence-corrected chi connectivity index (χ2v) is 14.6. The lowest BCUT2D eigenvalue weighted by Crippen LogP contribution is -2.70. The summed E-state index contributed by atoms with van der Waals surface area (Å²) in [4.78, 5) is 35.7. The molecule has 11 nitrogen and oxygen atoms in total. The van der Waals surface area contributed by atoms with E-state index in [0.29, 0.717) is 0 Å². The van der Waals surface area contributed by atoms with Crippen LogP contribution in [0.25, 0.3) is 0 Å². The number of carbonyl (C=O) groups excluding carboxylic acids is 3. The molecule has 1 aliphatic heterocycles. The van der Waals surface area contributed by atoms with E-state index in [1.54, 1.807) is 0 Å². The van der Waals surface area contributed by atoms with Gasteiger partial charge in [-0.1, -0.05) is 0 Å². The zero-order chi connectivity index (χ0) is 40.9. The zero-order valence-corrected chi connectivity index (χ0v) is 26.4. The lowest BCUT2D eigenvalue weighted by atomic mass is 9.51. The van der Waals surface area contributed by atoms with Crippen molar-refractivity contribution in [1.29, 1.82) is 0 Å². The molecule has 0 aromatic carbocycles. The lowest BCUT2D eigenvalue weighted by Gasteiger charge is -2.65. The average Bonchev–Trinajstić information content (AvgIpc) is 2.99. The predicted octanol–water partition coefficient (Wildman–Crippen LogP) is 5.07. The minimum absolute atomic E-state index is 0.0267. The topological polar surface area (TPSA) is 152 Å². The van der Waals surface area contributed by atoms with Crippen molar-refractivity contribution in [3.05, 3.63) is 0 Å². The molecule has 2 unspecified atom stereocenters. The van der Waals surface area contributed by atoms with Crippen LogP contribution >= 0.6 is 0 Å². The second-order valence-electron chi connectivity index (χ2n) is 13.2. The Hall–Kier alpha value is -2.88. The van der Waals surface area contributed by atoms with Crippen molar-refractivity contribution in [2.24, 2.45) is 23.2 Å². The van der Waals surface area contributed by atoms with E-state index >= 15 is 0 Å². The number of esters is 3. The molecule has 1 saturated heterocycles. The van der Waals surface area contributed by atoms with Crippen molar-refractivity contribution in [3.63, 3.8) is 0 Å². The third-order valence-electron chi connectivity index (χ3n) is 9.38. The van der Waals surface area contributed by atoms with Gasteiger partial charge in [-0.3, -0.25) is 4.55 Å². The maximum absolute atomic E-state index is 14.0. The van der Waals surface area contributed by atoms with E-state index in [2.05, 4.69) is 9.47 Å². The molecule has 4 saturated carbocycles. The van der Waals surface area contributed by atoms with Crippen LogP contribution in [0.15, 0.2) is 0 Å². The second kappa shape index (κ2) is 12.6. The molecule has 28 heteroatoms. The smallest absolute Gasteiger partial charge is 0.460 e. The Morgan fingerprint density at radius 2 is 1.02 bits per heavy atom. The van der Waals surface area contributed by atoms with Gasteiger partial charge in [0.15, 0.2) is 5.79 Å². The Kier molecular flexibility index (Phi) is 10.2. The van der Waals surface area contributed by atoms with E-state index < -0.39 is 143 Å². The highest BCUT2D eigenvalue weighted by Gasteiger charge is 2.79. The highest BCUT2D eigenvalue weighted by atomic mass is 32.2. The normalized spacial score (nSPS) is 27.8. The molecule has 4 aliphatic carbocycles. The van der Waals surface area contributed by atoms with Crippen LogP contribution in [0.5, 0.6) is 0 Å². The molecular weight excluding hydrogens is 812 g/mol. The summed E-state index contributed by atoms with van der Waals surface area (Å²) in [5, 5.41) is -5.43. The van der Waals surface area contributed by atoms with Gasteiger partial charge >= 0.3 is 69.3 Å². The van der Waals surface area contributed by atoms with Gasteiger partial charge in [0.1, 0.15) is 18.8 Å². The summed E-state index contributed by atoms with van der Waals surface area (Å²) >= 11 is 0. The molecule has 1 N–H and O–H groups in total. The highest BCUT2D eigenvalue weighted by Crippen LogP contribution is 2.64. The third kappa shape index (κ3) is 6.86. The van der Waals surface area contributed by atoms with Gasteiger partial charge in [-0.2, -0.15) is 78.7 Å². The van der Waals surface area contributed by atoms with Gasteiger partial charge in [0.05, 0.1) is 18.6 Å². The number of alkyl halides is 16. The van der Waals surface area contributed by atoms with E-state index in [9.17, 15) is 93.0 Å². The number of carbonyl (C=O) groups is 3. The maximum Gasteiger partial charge on any atom is 0.465 e. The molecule has 5 aliphatic rings. The van der Waals surface area contributed by atoms with Crippen molar-refractivity contribution in [1.82, 2.24) is 0 Å². The Labute approximate surface area is 284 Å². The largest absolute Gasteiger partial charge is 0.465 e. The first kappa shape index (κ1) is 42.9. The molecule has 306 valence electrons. The molecular formula is C25H22F16O11S. The van der Waals surface area contributed by atoms with E-state index in [4.69, 9.17) is 18.8 Å². The summed E-state index contributed by atoms with van der Waals surface area (Å²) in [7, 11) is -6.32. The highest BCUT2D eigenvalue weighted by molar-refractivity contribution is 7.87. The molecule has 1 heterocycles. The van der Waals surface area contributed by atoms with Gasteiger partial charge in [-0.05, 0) is 38.0 Å². The molecule has 5 fully saturated rings. The van der Waals surface area contributed by atoms with E-state index in [1.165, 1.54) is 0 Å². The number of hydrogen-bond donors (Lipinski definition) is 1. The SMILES string of the molecule is O=C(OCC1(COC(=O)C(F)(F)C(F)(F)C(F)(F)F)COC2(OC1)C1CC3CC2CC(OC(=O)C(F)(F)S(=O)(=O)O)(C3)C1)C(F)(F)C(F)(F)C(F)(F)F. The predicted molar refractivity (Wildman–Crippen MR) is 130 cm³/mol. The minimum Gasteiger partial charge on any atom is -0.460 e. The van der Waals surface area contributed by atoms with E-state index in [1.807, 2.05) is 0 Å². The van der Waals surface area contributed by atoms with Gasteiger partial charge in [0, 0.05) is 11.8 Å². The van der Waals surface area contributed by atoms with Crippen molar-refractivity contribution >= 4 is 28.0 Å². The molecule has 53 heavy (non-hydrogen) atoms. The molecule has 0 aromatic rings. The summed E-state index contributed by atoms with van der Waals surface area (Å²) in [5.41, 5.74) is -4.66. The van der Waals surface area contributed by atoms with Gasteiger partial charge in [0.25, 0.3) is 0 Å². The van der Waals surface area contributed by atoms with Crippen LogP contribution in [-0.4, -0.2) is 110 Å². The first-order valence-electron chi connectivity index (χ1n) is 14.4. The van der Waals surface area contributed by atoms with Crippen LogP contribution in [0.2, 0.25) is 0 Å². The van der Waals surface area contributed by atoms with Gasteiger partial charge < -0.3 is 23.7 Å². The lowest BCUT2D eigenvalue weighted by molar-refractivity contribution is -0.398. The Morgan fingerprint density at radius 3 is 1.36 bits per heavy atom. The van der Waals surface area contributed by atoms with Gasteiger partial charge in [0.2, 0.25) is 0 Å². The Balaban J connectivity index is 1.59. The van der Waals surface area contributed by atoms with Crippen LogP contribution in [0.4, 0.5) is 70.2 Å². The summed E-state index contributed by atoms with van der Waals surface area (Å²) in [6.07, 6.45) is -15.2. The number of ether oxygens (including phenoxy) is 5. The van der Waals surface area contributed by atoms with Gasteiger partial charge in [-0.15, -0.1) is 0 Å². The van der Waals surface area contributed by atoms with Crippen molar-refractivity contribution < 1.29 is 121 Å². The first-order valence-corrected chi connectivity index (χ1v) is 15.8. The van der Waals surface area contributed by atoms with Crippen LogP contribution in [0, 0.1) is 23.2 Å². The van der Waals surface area contributed by atoms with Crippen LogP contribution in [0.1, 0.15) is 32.1 Å². The first-order chi connectivity index (χ1) is 23.5. The number of halogens is 16. The fourth-order valence-corrected chi connectivity index (χ4v) is 7.12. The minimum atomic E-state index is -7.10. The van der Waals surface area contributed by atoms with E-state index in [0.717, 1.165) is 0 Å². The average molecular weight is 834 g/mol. The van der Waals surface area contributed by atoms with Crippen molar-refractivity contribution in [3.8, 4) is 0 Å². The summed E-state index contributed by atoms with van der Waals surface area (Å²) in [5.74, 6) is -42.2. The van der Waals surface area contributed by atoms with Crippen LogP contribution in [0.3, 0.4) is 0 Å². The molecule has 4 bridgehead atoms. The Morgan fingerprint density at radius 1 is 0.642 bits per heavy atom. The molecule has 0 radical (unpaired) electrons. The Bertz CT molecular complexity index is 1510. The molecule has 1 spiro atoms.